The molecular weight excluding hydrogens is 732 g/mol. The minimum Gasteiger partial charge on any atom is -0.481 e. The second kappa shape index (κ2) is 16.6. The van der Waals surface area contributed by atoms with E-state index in [1.54, 1.807) is 0 Å². The van der Waals surface area contributed by atoms with Gasteiger partial charge in [0.25, 0.3) is 5.56 Å². The van der Waals surface area contributed by atoms with Crippen LogP contribution in [0.15, 0.2) is 35.1 Å². The maximum atomic E-state index is 16.0. The number of methoxy groups -OCH3 is 1. The molecule has 0 aliphatic carbocycles. The number of carbonyl (C=O) groups is 2. The number of hydrogen-bond acceptors (Lipinski definition) is 6. The number of ether oxygens (including phenoxy) is 1. The van der Waals surface area contributed by atoms with E-state index in [0.29, 0.717) is 61.2 Å². The van der Waals surface area contributed by atoms with Crippen LogP contribution in [-0.2, 0) is 39.5 Å². The molecule has 17 heteroatoms. The van der Waals surface area contributed by atoms with Crippen LogP contribution in [0.1, 0.15) is 90.5 Å². The van der Waals surface area contributed by atoms with E-state index >= 15 is 4.39 Å². The summed E-state index contributed by atoms with van der Waals surface area (Å²) in [5, 5.41) is 16.1. The van der Waals surface area contributed by atoms with Crippen molar-refractivity contribution in [2.24, 2.45) is 0 Å². The Labute approximate surface area is 305 Å². The highest BCUT2D eigenvalue weighted by molar-refractivity contribution is 5.82. The smallest absolute Gasteiger partial charge is 0.419 e. The number of nitrogens with zero attached hydrogens (tertiary/aromatic N) is 3. The summed E-state index contributed by atoms with van der Waals surface area (Å²) < 4.78 is 122. The molecule has 2 atom stereocenters. The summed E-state index contributed by atoms with van der Waals surface area (Å²) in [4.78, 5) is 41.3. The molecule has 2 N–H and O–H groups in total. The predicted molar refractivity (Wildman–Crippen MR) is 180 cm³/mol. The second-order valence-corrected chi connectivity index (χ2v) is 13.8. The number of nitrogens with one attached hydrogen (secondary N) is 1. The average Bonchev–Trinajstić information content (AvgIpc) is 3.04. The van der Waals surface area contributed by atoms with Crippen LogP contribution in [0.4, 0.5) is 35.1 Å². The van der Waals surface area contributed by atoms with Crippen molar-refractivity contribution in [3.63, 3.8) is 0 Å². The zero-order chi connectivity index (χ0) is 39.5. The molecule has 2 aliphatic rings. The van der Waals surface area contributed by atoms with Crippen molar-refractivity contribution in [3.8, 4) is 11.1 Å². The number of benzene rings is 2. The number of likely N-dealkylation sites (tertiary alicyclic amines) is 1. The molecular formula is C37H40F8N4O5. The number of aliphatic carboxylic acids is 1. The molecule has 0 unspecified atom stereocenters. The molecule has 1 aromatic heterocycles. The van der Waals surface area contributed by atoms with Crippen molar-refractivity contribution in [2.45, 2.75) is 95.3 Å². The van der Waals surface area contributed by atoms with Crippen LogP contribution in [0, 0.1) is 18.6 Å². The Morgan fingerprint density at radius 3 is 2.26 bits per heavy atom. The van der Waals surface area contributed by atoms with Gasteiger partial charge in [0.15, 0.2) is 0 Å². The van der Waals surface area contributed by atoms with Gasteiger partial charge < -0.3 is 15.2 Å². The van der Waals surface area contributed by atoms with E-state index in [-0.39, 0.29) is 55.0 Å². The van der Waals surface area contributed by atoms with Crippen molar-refractivity contribution in [2.75, 3.05) is 26.7 Å². The minimum atomic E-state index is -5.28. The number of fused-ring (bicyclic) bond motifs is 4. The Balaban J connectivity index is 1.63. The van der Waals surface area contributed by atoms with Crippen molar-refractivity contribution >= 4 is 11.9 Å². The Kier molecular flexibility index (Phi) is 12.5. The van der Waals surface area contributed by atoms with E-state index < -0.39 is 82.3 Å². The van der Waals surface area contributed by atoms with Crippen LogP contribution < -0.4 is 10.9 Å². The highest BCUT2D eigenvalue weighted by Crippen LogP contribution is 2.41. The number of amides is 1. The first-order valence-electron chi connectivity index (χ1n) is 17.5. The number of alkyl halides is 6. The van der Waals surface area contributed by atoms with Crippen LogP contribution in [0.3, 0.4) is 0 Å². The monoisotopic (exact) mass is 772 g/mol. The number of aryl methyl sites for hydroxylation is 2. The normalized spacial score (nSPS) is 19.6. The highest BCUT2D eigenvalue weighted by Gasteiger charge is 2.40. The lowest BCUT2D eigenvalue weighted by atomic mass is 9.87. The van der Waals surface area contributed by atoms with Gasteiger partial charge in [-0.05, 0) is 72.7 Å². The Hall–Kier alpha value is -4.38. The summed E-state index contributed by atoms with van der Waals surface area (Å²) in [7, 11) is 1.50. The van der Waals surface area contributed by atoms with Crippen LogP contribution in [-0.4, -0.2) is 64.5 Å². The van der Waals surface area contributed by atoms with E-state index in [9.17, 15) is 50.2 Å². The number of halogens is 8. The summed E-state index contributed by atoms with van der Waals surface area (Å²) in [6, 6.07) is 0.580. The van der Waals surface area contributed by atoms with Crippen molar-refractivity contribution in [1.29, 1.82) is 0 Å². The van der Waals surface area contributed by atoms with E-state index in [0.717, 1.165) is 12.1 Å². The third kappa shape index (κ3) is 9.46. The van der Waals surface area contributed by atoms with Crippen molar-refractivity contribution in [1.82, 2.24) is 20.0 Å². The number of hydrogen-bond donors (Lipinski definition) is 2. The molecule has 1 fully saturated rings. The Bertz CT molecular complexity index is 1920. The number of rotatable bonds is 7. The quantitative estimate of drug-likeness (QED) is 0.245. The first-order valence-corrected chi connectivity index (χ1v) is 17.5. The van der Waals surface area contributed by atoms with Gasteiger partial charge in [-0.1, -0.05) is 25.7 Å². The van der Waals surface area contributed by atoms with Crippen LogP contribution >= 0.6 is 0 Å². The van der Waals surface area contributed by atoms with E-state index in [1.807, 2.05) is 4.90 Å². The maximum absolute atomic E-state index is 16.0. The van der Waals surface area contributed by atoms with E-state index in [2.05, 4.69) is 10.4 Å². The molecule has 9 nitrogen and oxygen atoms in total. The van der Waals surface area contributed by atoms with E-state index in [1.165, 1.54) is 20.1 Å². The molecule has 1 saturated heterocycles. The van der Waals surface area contributed by atoms with Gasteiger partial charge >= 0.3 is 18.3 Å². The fourth-order valence-corrected chi connectivity index (χ4v) is 7.18. The lowest BCUT2D eigenvalue weighted by Gasteiger charge is -2.38. The summed E-state index contributed by atoms with van der Waals surface area (Å²) >= 11 is 0. The van der Waals surface area contributed by atoms with Gasteiger partial charge in [0.1, 0.15) is 17.7 Å². The molecule has 1 amide bonds. The fourth-order valence-electron chi connectivity index (χ4n) is 7.18. The van der Waals surface area contributed by atoms with Gasteiger partial charge in [-0.25, -0.2) is 13.5 Å². The highest BCUT2D eigenvalue weighted by atomic mass is 19.4. The molecule has 3 aromatic rings. The SMILES string of the molecule is COC1CN(CCc2nn([C@H]3CCCCCCCc4cc(F)cc(C)c4-c4cc(c(F)c(C(F)(F)F)c4)[C@H](CC(=O)O)NC3=O)c(=O)cc2C(F)(F)F)C1. The molecule has 3 heterocycles. The predicted octanol–water partition coefficient (Wildman–Crippen LogP) is 7.18. The van der Waals surface area contributed by atoms with E-state index in [4.69, 9.17) is 4.74 Å². The maximum Gasteiger partial charge on any atom is 0.419 e. The van der Waals surface area contributed by atoms with Gasteiger partial charge in [-0.2, -0.15) is 31.4 Å². The molecule has 2 aromatic carbocycles. The molecule has 2 bridgehead atoms. The summed E-state index contributed by atoms with van der Waals surface area (Å²) in [6.07, 6.45) is -9.26. The number of carboxylic acid groups (broad SMARTS) is 1. The number of carbonyl (C=O) groups excluding carboxylic acids is 1. The Morgan fingerprint density at radius 1 is 0.944 bits per heavy atom. The number of carboxylic acids is 1. The van der Waals surface area contributed by atoms with Gasteiger partial charge in [-0.3, -0.25) is 19.3 Å². The lowest BCUT2D eigenvalue weighted by Crippen LogP contribution is -2.52. The standard InChI is InChI=1S/C37H40F8N4O5/c1-20-12-23(38)13-21-8-6-4-3-5-7-9-30(49-31(50)16-26(36(40,41)42)28(47-49)10-11-48-18-24(19-48)54-2)35(53)46-29(17-32(51)52)25-14-22(33(20)21)15-27(34(25)39)37(43,44)45/h12-16,24,29-30H,3-11,17-19H2,1-2H3,(H,46,53)(H,51,52)/t29-,30-/m0/s1. The van der Waals surface area contributed by atoms with Crippen LogP contribution in [0.5, 0.6) is 0 Å². The molecule has 0 saturated carbocycles. The Morgan fingerprint density at radius 2 is 1.61 bits per heavy atom. The molecule has 0 spiro atoms. The molecule has 294 valence electrons. The van der Waals surface area contributed by atoms with Gasteiger partial charge in [0, 0.05) is 44.8 Å². The lowest BCUT2D eigenvalue weighted by molar-refractivity contribution is -0.140. The van der Waals surface area contributed by atoms with Gasteiger partial charge in [0.2, 0.25) is 5.91 Å². The zero-order valence-corrected chi connectivity index (χ0v) is 29.5. The molecule has 2 aliphatic heterocycles. The largest absolute Gasteiger partial charge is 0.481 e. The van der Waals surface area contributed by atoms with Crippen LogP contribution in [0.25, 0.3) is 11.1 Å². The summed E-state index contributed by atoms with van der Waals surface area (Å²) in [5.41, 5.74) is -5.09. The zero-order valence-electron chi connectivity index (χ0n) is 29.5. The topological polar surface area (TPSA) is 114 Å². The average molecular weight is 773 g/mol. The molecule has 54 heavy (non-hydrogen) atoms. The van der Waals surface area contributed by atoms with Gasteiger partial charge in [-0.15, -0.1) is 0 Å². The second-order valence-electron chi connectivity index (χ2n) is 13.8. The summed E-state index contributed by atoms with van der Waals surface area (Å²) in [6.45, 7) is 2.52. The first kappa shape index (κ1) is 40.8. The third-order valence-electron chi connectivity index (χ3n) is 9.93. The number of aromatic nitrogens is 2. The van der Waals surface area contributed by atoms with Crippen molar-refractivity contribution in [3.05, 3.63) is 85.8 Å². The molecule has 5 rings (SSSR count). The third-order valence-corrected chi connectivity index (χ3v) is 9.93. The van der Waals surface area contributed by atoms with Gasteiger partial charge in [0.05, 0.1) is 35.4 Å². The van der Waals surface area contributed by atoms with Crippen molar-refractivity contribution < 1.29 is 54.6 Å². The fraction of sp³-hybridized carbons (Fsp3) is 0.514. The molecule has 0 radical (unpaired) electrons. The summed E-state index contributed by atoms with van der Waals surface area (Å²) in [5.74, 6) is -5.27. The van der Waals surface area contributed by atoms with Crippen LogP contribution in [0.2, 0.25) is 0 Å². The minimum absolute atomic E-state index is 0.0886. The first-order chi connectivity index (χ1) is 25.4.